The quantitative estimate of drug-likeness (QED) is 0.653. The molecule has 0 radical (unpaired) electrons. The molecule has 2 atom stereocenters. The van der Waals surface area contributed by atoms with Gasteiger partial charge >= 0.3 is 0 Å². The van der Waals surface area contributed by atoms with Crippen LogP contribution in [-0.4, -0.2) is 36.3 Å². The topological polar surface area (TPSA) is 56.3 Å². The second-order valence-electron chi connectivity index (χ2n) is 3.97. The van der Waals surface area contributed by atoms with Crippen LogP contribution in [0.2, 0.25) is 0 Å². The van der Waals surface area contributed by atoms with Gasteiger partial charge in [-0.25, -0.2) is 9.97 Å². The summed E-state index contributed by atoms with van der Waals surface area (Å²) in [4.78, 5) is 8.21. The van der Waals surface area contributed by atoms with Gasteiger partial charge < -0.3 is 14.8 Å². The van der Waals surface area contributed by atoms with E-state index in [0.717, 1.165) is 13.1 Å². The zero-order chi connectivity index (χ0) is 10.1. The van der Waals surface area contributed by atoms with E-state index in [1.165, 1.54) is 0 Å². The van der Waals surface area contributed by atoms with Crippen molar-refractivity contribution >= 4 is 0 Å². The Kier molecular flexibility index (Phi) is 2.17. The molecule has 1 aromatic heterocycles. The maximum absolute atomic E-state index is 5.60. The summed E-state index contributed by atoms with van der Waals surface area (Å²) in [7, 11) is 0. The molecule has 80 valence electrons. The van der Waals surface area contributed by atoms with Gasteiger partial charge in [-0.3, -0.25) is 0 Å². The van der Waals surface area contributed by atoms with Crippen LogP contribution in [-0.2, 0) is 0 Å². The molecule has 0 bridgehead atoms. The average Bonchev–Trinajstić information content (AvgIpc) is 2.68. The van der Waals surface area contributed by atoms with Crippen molar-refractivity contribution in [2.45, 2.75) is 0 Å². The molecule has 5 nitrogen and oxygen atoms in total. The van der Waals surface area contributed by atoms with Crippen molar-refractivity contribution in [2.24, 2.45) is 11.8 Å². The molecular formula is C10H13N3O2. The monoisotopic (exact) mass is 207 g/mol. The van der Waals surface area contributed by atoms with Crippen LogP contribution in [0.25, 0.3) is 0 Å². The lowest BCUT2D eigenvalue weighted by molar-refractivity contribution is 0.134. The fraction of sp³-hybridized carbons (Fsp3) is 0.600. The number of nitrogens with zero attached hydrogens (tertiary/aromatic N) is 2. The highest BCUT2D eigenvalue weighted by Crippen LogP contribution is 2.27. The first-order chi connectivity index (χ1) is 7.43. The molecule has 2 aliphatic rings. The lowest BCUT2D eigenvalue weighted by Crippen LogP contribution is -2.28. The Balaban J connectivity index is 1.84. The highest BCUT2D eigenvalue weighted by atomic mass is 16.5. The van der Waals surface area contributed by atoms with E-state index in [2.05, 4.69) is 15.3 Å². The van der Waals surface area contributed by atoms with E-state index in [-0.39, 0.29) is 0 Å². The van der Waals surface area contributed by atoms with Crippen LogP contribution in [0.1, 0.15) is 0 Å². The standard InChI is InChI=1S/C10H13N3O2/c1-2-13-10-9(12-1)14-5-7-3-11-4-8(7)6-15-10/h1-2,7-8,11H,3-6H2/t7-,8+. The third-order valence-corrected chi connectivity index (χ3v) is 2.98. The fourth-order valence-electron chi connectivity index (χ4n) is 2.06. The molecule has 0 aliphatic carbocycles. The maximum atomic E-state index is 5.60. The predicted molar refractivity (Wildman–Crippen MR) is 52.9 cm³/mol. The second kappa shape index (κ2) is 3.66. The first kappa shape index (κ1) is 8.91. The Hall–Kier alpha value is -1.36. The van der Waals surface area contributed by atoms with Gasteiger partial charge in [0.15, 0.2) is 0 Å². The van der Waals surface area contributed by atoms with Gasteiger partial charge in [0, 0.05) is 37.3 Å². The summed E-state index contributed by atoms with van der Waals surface area (Å²) in [5, 5.41) is 3.35. The molecule has 1 fully saturated rings. The highest BCUT2D eigenvalue weighted by Gasteiger charge is 2.30. The molecular weight excluding hydrogens is 194 g/mol. The van der Waals surface area contributed by atoms with Gasteiger partial charge in [0.2, 0.25) is 0 Å². The number of hydrogen-bond acceptors (Lipinski definition) is 5. The van der Waals surface area contributed by atoms with Crippen molar-refractivity contribution in [2.75, 3.05) is 26.3 Å². The summed E-state index contributed by atoms with van der Waals surface area (Å²) >= 11 is 0. The Morgan fingerprint density at radius 3 is 2.07 bits per heavy atom. The van der Waals surface area contributed by atoms with Crippen LogP contribution in [0.15, 0.2) is 12.4 Å². The lowest BCUT2D eigenvalue weighted by Gasteiger charge is -2.22. The van der Waals surface area contributed by atoms with E-state index < -0.39 is 0 Å². The van der Waals surface area contributed by atoms with Gasteiger partial charge in [-0.15, -0.1) is 0 Å². The van der Waals surface area contributed by atoms with Gasteiger partial charge in [0.05, 0.1) is 13.2 Å². The highest BCUT2D eigenvalue weighted by molar-refractivity contribution is 5.24. The average molecular weight is 207 g/mol. The second-order valence-corrected chi connectivity index (χ2v) is 3.97. The van der Waals surface area contributed by atoms with Crippen molar-refractivity contribution in [3.05, 3.63) is 12.4 Å². The van der Waals surface area contributed by atoms with Crippen molar-refractivity contribution in [1.82, 2.24) is 15.3 Å². The Morgan fingerprint density at radius 2 is 1.53 bits per heavy atom. The number of fused-ring (bicyclic) bond motifs is 2. The molecule has 0 saturated carbocycles. The van der Waals surface area contributed by atoms with Gasteiger partial charge in [0.25, 0.3) is 11.8 Å². The Bertz CT molecular complexity index is 325. The largest absolute Gasteiger partial charge is 0.473 e. The molecule has 0 spiro atoms. The number of ether oxygens (including phenoxy) is 2. The van der Waals surface area contributed by atoms with Gasteiger partial charge in [0.1, 0.15) is 0 Å². The number of aromatic nitrogens is 2. The summed E-state index contributed by atoms with van der Waals surface area (Å²) < 4.78 is 11.2. The minimum atomic E-state index is 0.517. The SMILES string of the molecule is c1cnc2c(n1)OC[C@H]1CNC[C@H]1CO2. The normalized spacial score (nSPS) is 29.1. The van der Waals surface area contributed by atoms with Crippen LogP contribution in [0.5, 0.6) is 11.8 Å². The van der Waals surface area contributed by atoms with E-state index in [1.807, 2.05) is 0 Å². The molecule has 3 rings (SSSR count). The predicted octanol–water partition coefficient (Wildman–Crippen LogP) is 0.0834. The number of nitrogens with one attached hydrogen (secondary N) is 1. The molecule has 1 aromatic rings. The summed E-state index contributed by atoms with van der Waals surface area (Å²) in [5.74, 6) is 2.09. The van der Waals surface area contributed by atoms with E-state index in [4.69, 9.17) is 9.47 Å². The van der Waals surface area contributed by atoms with Crippen LogP contribution >= 0.6 is 0 Å². The van der Waals surface area contributed by atoms with Gasteiger partial charge in [-0.2, -0.15) is 0 Å². The van der Waals surface area contributed by atoms with E-state index in [0.29, 0.717) is 36.8 Å². The van der Waals surface area contributed by atoms with Crippen molar-refractivity contribution in [3.8, 4) is 11.8 Å². The molecule has 0 amide bonds. The van der Waals surface area contributed by atoms with Crippen LogP contribution < -0.4 is 14.8 Å². The van der Waals surface area contributed by atoms with Crippen LogP contribution in [0.4, 0.5) is 0 Å². The van der Waals surface area contributed by atoms with E-state index in [1.54, 1.807) is 12.4 Å². The van der Waals surface area contributed by atoms with Crippen molar-refractivity contribution in [3.63, 3.8) is 0 Å². The minimum Gasteiger partial charge on any atom is -0.473 e. The molecule has 15 heavy (non-hydrogen) atoms. The van der Waals surface area contributed by atoms with Crippen LogP contribution in [0, 0.1) is 11.8 Å². The molecule has 0 aromatic carbocycles. The lowest BCUT2D eigenvalue weighted by atomic mass is 9.98. The zero-order valence-corrected chi connectivity index (χ0v) is 8.35. The minimum absolute atomic E-state index is 0.517. The van der Waals surface area contributed by atoms with Crippen molar-refractivity contribution < 1.29 is 9.47 Å². The molecule has 5 heteroatoms. The van der Waals surface area contributed by atoms with Crippen LogP contribution in [0.3, 0.4) is 0 Å². The summed E-state index contributed by atoms with van der Waals surface area (Å²) in [5.41, 5.74) is 0. The molecule has 0 unspecified atom stereocenters. The van der Waals surface area contributed by atoms with Crippen molar-refractivity contribution in [1.29, 1.82) is 0 Å². The molecule has 1 saturated heterocycles. The first-order valence-corrected chi connectivity index (χ1v) is 5.21. The van der Waals surface area contributed by atoms with Gasteiger partial charge in [-0.05, 0) is 0 Å². The molecule has 1 N–H and O–H groups in total. The summed E-state index contributed by atoms with van der Waals surface area (Å²) in [6.07, 6.45) is 3.24. The van der Waals surface area contributed by atoms with Gasteiger partial charge in [-0.1, -0.05) is 0 Å². The van der Waals surface area contributed by atoms with E-state index in [9.17, 15) is 0 Å². The third kappa shape index (κ3) is 1.63. The first-order valence-electron chi connectivity index (χ1n) is 5.21. The maximum Gasteiger partial charge on any atom is 0.278 e. The smallest absolute Gasteiger partial charge is 0.278 e. The Morgan fingerprint density at radius 1 is 1.00 bits per heavy atom. The fourth-order valence-corrected chi connectivity index (χ4v) is 2.06. The number of hydrogen-bond donors (Lipinski definition) is 1. The Labute approximate surface area is 87.8 Å². The number of rotatable bonds is 0. The van der Waals surface area contributed by atoms with E-state index >= 15 is 0 Å². The summed E-state index contributed by atoms with van der Waals surface area (Å²) in [6.45, 7) is 3.41. The zero-order valence-electron chi connectivity index (χ0n) is 8.35. The molecule has 2 aliphatic heterocycles. The molecule has 3 heterocycles. The third-order valence-electron chi connectivity index (χ3n) is 2.98. The summed E-state index contributed by atoms with van der Waals surface area (Å²) in [6, 6.07) is 0.